The fraction of sp³-hybridized carbons (Fsp3) is 1.00. The zero-order valence-electron chi connectivity index (χ0n) is 5.77. The molecule has 0 aromatic heterocycles. The quantitative estimate of drug-likeness (QED) is 0.573. The molecule has 0 rings (SSSR count). The highest BCUT2D eigenvalue weighted by atomic mass is 19.3. The van der Waals surface area contributed by atoms with Crippen LogP contribution < -0.4 is 0 Å². The Bertz CT molecular complexity index is 122. The van der Waals surface area contributed by atoms with E-state index >= 15 is 0 Å². The molecule has 0 bridgehead atoms. The number of hydrogen-bond donors (Lipinski definition) is 0. The topological polar surface area (TPSA) is 0 Å². The molecule has 0 saturated carbocycles. The van der Waals surface area contributed by atoms with E-state index in [2.05, 4.69) is 0 Å². The van der Waals surface area contributed by atoms with Gasteiger partial charge in [0, 0.05) is 13.8 Å². The van der Waals surface area contributed by atoms with Crippen LogP contribution in [0.2, 0.25) is 0 Å². The fourth-order valence-corrected chi connectivity index (χ4v) is 0.385. The second kappa shape index (κ2) is 2.28. The van der Waals surface area contributed by atoms with Crippen molar-refractivity contribution in [1.82, 2.24) is 0 Å². The molecule has 0 aromatic rings. The summed E-state index contributed by atoms with van der Waals surface area (Å²) >= 11 is 0. The summed E-state index contributed by atoms with van der Waals surface area (Å²) in [4.78, 5) is 0. The number of halogens is 6. The van der Waals surface area contributed by atoms with Gasteiger partial charge in [-0.1, -0.05) is 0 Å². The standard InChI is InChI=1S/C5H6F6/c1-3(6,7)5(10,11)4(2,8)9/h1-2H3. The van der Waals surface area contributed by atoms with Gasteiger partial charge in [0.1, 0.15) is 0 Å². The molecule has 0 fully saturated rings. The van der Waals surface area contributed by atoms with E-state index in [1.165, 1.54) is 0 Å². The van der Waals surface area contributed by atoms with Crippen molar-refractivity contribution in [2.24, 2.45) is 0 Å². The molecule has 0 unspecified atom stereocenters. The normalized spacial score (nSPS) is 15.3. The molecule has 0 atom stereocenters. The summed E-state index contributed by atoms with van der Waals surface area (Å²) in [6.07, 6.45) is 0. The summed E-state index contributed by atoms with van der Waals surface area (Å²) in [5.74, 6) is -14.7. The molecule has 0 heterocycles. The van der Waals surface area contributed by atoms with Crippen LogP contribution in [0.5, 0.6) is 0 Å². The minimum absolute atomic E-state index is 0.246. The Kier molecular flexibility index (Phi) is 2.19. The van der Waals surface area contributed by atoms with E-state index in [4.69, 9.17) is 0 Å². The molecule has 0 N–H and O–H groups in total. The van der Waals surface area contributed by atoms with Gasteiger partial charge >= 0.3 is 17.8 Å². The zero-order chi connectivity index (χ0) is 9.50. The lowest BCUT2D eigenvalue weighted by atomic mass is 10.1. The van der Waals surface area contributed by atoms with Crippen molar-refractivity contribution in [3.05, 3.63) is 0 Å². The monoisotopic (exact) mass is 180 g/mol. The lowest BCUT2D eigenvalue weighted by Gasteiger charge is -2.27. The largest absolute Gasteiger partial charge is 0.371 e. The second-order valence-electron chi connectivity index (χ2n) is 2.35. The molecule has 0 spiro atoms. The maximum Gasteiger partial charge on any atom is 0.371 e. The van der Waals surface area contributed by atoms with Gasteiger partial charge in [0.15, 0.2) is 0 Å². The SMILES string of the molecule is CC(F)(F)C(F)(F)C(C)(F)F. The van der Waals surface area contributed by atoms with E-state index in [0.717, 1.165) is 0 Å². The first-order valence-electron chi connectivity index (χ1n) is 2.63. The van der Waals surface area contributed by atoms with Gasteiger partial charge in [-0.3, -0.25) is 0 Å². The average Bonchev–Trinajstić information content (AvgIpc) is 1.58. The Morgan fingerprint density at radius 1 is 0.636 bits per heavy atom. The first-order valence-corrected chi connectivity index (χ1v) is 2.63. The Morgan fingerprint density at radius 3 is 0.818 bits per heavy atom. The van der Waals surface area contributed by atoms with Crippen molar-refractivity contribution < 1.29 is 26.3 Å². The lowest BCUT2D eigenvalue weighted by molar-refractivity contribution is -0.295. The lowest BCUT2D eigenvalue weighted by Crippen LogP contribution is -2.50. The highest BCUT2D eigenvalue weighted by Gasteiger charge is 2.66. The van der Waals surface area contributed by atoms with Gasteiger partial charge in [-0.2, -0.15) is 26.3 Å². The van der Waals surface area contributed by atoms with Crippen LogP contribution in [-0.2, 0) is 0 Å². The first kappa shape index (κ1) is 10.6. The minimum Gasteiger partial charge on any atom is -0.200 e. The van der Waals surface area contributed by atoms with E-state index in [0.29, 0.717) is 0 Å². The molecule has 0 radical (unpaired) electrons. The second-order valence-corrected chi connectivity index (χ2v) is 2.35. The van der Waals surface area contributed by atoms with Gasteiger partial charge in [0.05, 0.1) is 0 Å². The number of alkyl halides is 6. The van der Waals surface area contributed by atoms with Crippen LogP contribution in [0, 0.1) is 0 Å². The molecule has 0 saturated heterocycles. The molecule has 0 aromatic carbocycles. The summed E-state index contributed by atoms with van der Waals surface area (Å²) in [6, 6.07) is 0. The summed E-state index contributed by atoms with van der Waals surface area (Å²) < 4.78 is 70.9. The number of rotatable bonds is 2. The van der Waals surface area contributed by atoms with E-state index in [1.807, 2.05) is 0 Å². The Labute approximate surface area is 59.2 Å². The molecule has 11 heavy (non-hydrogen) atoms. The van der Waals surface area contributed by atoms with Crippen molar-refractivity contribution in [3.63, 3.8) is 0 Å². The molecular weight excluding hydrogens is 174 g/mol. The van der Waals surface area contributed by atoms with Crippen molar-refractivity contribution in [2.75, 3.05) is 0 Å². The highest BCUT2D eigenvalue weighted by molar-refractivity contribution is 4.90. The summed E-state index contributed by atoms with van der Waals surface area (Å²) in [6.45, 7) is -0.491. The highest BCUT2D eigenvalue weighted by Crippen LogP contribution is 2.44. The molecule has 0 aliphatic heterocycles. The Hall–Kier alpha value is -0.420. The molecule has 0 nitrogen and oxygen atoms in total. The minimum atomic E-state index is -5.29. The fourth-order valence-electron chi connectivity index (χ4n) is 0.385. The van der Waals surface area contributed by atoms with E-state index in [9.17, 15) is 26.3 Å². The van der Waals surface area contributed by atoms with Crippen LogP contribution in [0.25, 0.3) is 0 Å². The smallest absolute Gasteiger partial charge is 0.200 e. The third-order valence-corrected chi connectivity index (χ3v) is 1.10. The first-order chi connectivity index (χ1) is 4.50. The molecule has 0 aliphatic rings. The van der Waals surface area contributed by atoms with Crippen LogP contribution in [0.4, 0.5) is 26.3 Å². The van der Waals surface area contributed by atoms with Gasteiger partial charge in [-0.05, 0) is 0 Å². The van der Waals surface area contributed by atoms with Crippen molar-refractivity contribution in [2.45, 2.75) is 31.6 Å². The van der Waals surface area contributed by atoms with E-state index in [1.54, 1.807) is 0 Å². The Balaban J connectivity index is 4.75. The average molecular weight is 180 g/mol. The third kappa shape index (κ3) is 1.78. The van der Waals surface area contributed by atoms with Crippen LogP contribution in [0.3, 0.4) is 0 Å². The third-order valence-electron chi connectivity index (χ3n) is 1.10. The molecule has 0 amide bonds. The molecule has 0 aliphatic carbocycles. The van der Waals surface area contributed by atoms with Gasteiger partial charge in [0.2, 0.25) is 0 Å². The predicted octanol–water partition coefficient (Wildman–Crippen LogP) is 2.93. The molecular formula is C5H6F6. The van der Waals surface area contributed by atoms with Crippen LogP contribution in [0.15, 0.2) is 0 Å². The van der Waals surface area contributed by atoms with E-state index in [-0.39, 0.29) is 13.8 Å². The summed E-state index contributed by atoms with van der Waals surface area (Å²) in [5.41, 5.74) is 0. The van der Waals surface area contributed by atoms with E-state index < -0.39 is 17.8 Å². The van der Waals surface area contributed by atoms with Gasteiger partial charge in [0.25, 0.3) is 0 Å². The molecule has 68 valence electrons. The predicted molar refractivity (Wildman–Crippen MR) is 26.2 cm³/mol. The number of hydrogen-bond acceptors (Lipinski definition) is 0. The summed E-state index contributed by atoms with van der Waals surface area (Å²) in [7, 11) is 0. The van der Waals surface area contributed by atoms with Crippen molar-refractivity contribution >= 4 is 0 Å². The van der Waals surface area contributed by atoms with Gasteiger partial charge in [-0.15, -0.1) is 0 Å². The maximum atomic E-state index is 11.9. The summed E-state index contributed by atoms with van der Waals surface area (Å²) in [5, 5.41) is 0. The van der Waals surface area contributed by atoms with Crippen LogP contribution >= 0.6 is 0 Å². The van der Waals surface area contributed by atoms with Crippen molar-refractivity contribution in [1.29, 1.82) is 0 Å². The Morgan fingerprint density at radius 2 is 0.818 bits per heavy atom. The molecule has 6 heteroatoms. The van der Waals surface area contributed by atoms with Crippen LogP contribution in [-0.4, -0.2) is 17.8 Å². The zero-order valence-corrected chi connectivity index (χ0v) is 5.77. The maximum absolute atomic E-state index is 11.9. The van der Waals surface area contributed by atoms with Crippen molar-refractivity contribution in [3.8, 4) is 0 Å². The van der Waals surface area contributed by atoms with Crippen LogP contribution in [0.1, 0.15) is 13.8 Å². The van der Waals surface area contributed by atoms with Gasteiger partial charge in [-0.25, -0.2) is 0 Å². The van der Waals surface area contributed by atoms with Gasteiger partial charge < -0.3 is 0 Å².